The molecule has 0 fully saturated rings. The van der Waals surface area contributed by atoms with E-state index < -0.39 is 0 Å². The van der Waals surface area contributed by atoms with Crippen molar-refractivity contribution in [2.75, 3.05) is 18.6 Å². The Kier molecular flexibility index (Phi) is 4.28. The molecule has 4 heteroatoms. The van der Waals surface area contributed by atoms with Crippen LogP contribution in [0.15, 0.2) is 59.3 Å². The molecule has 126 valence electrons. The SMILES string of the molecule is COc1ccccc1CC(=O)N1CCc2cc(-c3ccsc3)ccc21. The Bertz CT molecular complexity index is 902. The Hall–Kier alpha value is -2.59. The predicted molar refractivity (Wildman–Crippen MR) is 103 cm³/mol. The fraction of sp³-hybridized carbons (Fsp3) is 0.190. The number of benzene rings is 2. The van der Waals surface area contributed by atoms with Gasteiger partial charge < -0.3 is 9.64 Å². The summed E-state index contributed by atoms with van der Waals surface area (Å²) >= 11 is 1.70. The summed E-state index contributed by atoms with van der Waals surface area (Å²) in [6.07, 6.45) is 1.26. The first-order valence-corrected chi connectivity index (χ1v) is 9.28. The second kappa shape index (κ2) is 6.73. The quantitative estimate of drug-likeness (QED) is 0.691. The molecule has 2 heterocycles. The Morgan fingerprint density at radius 2 is 2.04 bits per heavy atom. The van der Waals surface area contributed by atoms with Gasteiger partial charge in [0.25, 0.3) is 0 Å². The highest BCUT2D eigenvalue weighted by molar-refractivity contribution is 7.08. The van der Waals surface area contributed by atoms with E-state index in [2.05, 4.69) is 35.0 Å². The van der Waals surface area contributed by atoms with Crippen LogP contribution in [-0.4, -0.2) is 19.6 Å². The summed E-state index contributed by atoms with van der Waals surface area (Å²) < 4.78 is 5.37. The van der Waals surface area contributed by atoms with Crippen LogP contribution < -0.4 is 9.64 Å². The summed E-state index contributed by atoms with van der Waals surface area (Å²) in [7, 11) is 1.64. The van der Waals surface area contributed by atoms with Gasteiger partial charge in [-0.05, 0) is 58.1 Å². The van der Waals surface area contributed by atoms with E-state index in [0.29, 0.717) is 6.42 Å². The Balaban J connectivity index is 1.57. The third-order valence-electron chi connectivity index (χ3n) is 4.66. The number of nitrogens with zero attached hydrogens (tertiary/aromatic N) is 1. The van der Waals surface area contributed by atoms with E-state index in [-0.39, 0.29) is 5.91 Å². The molecule has 2 aromatic carbocycles. The highest BCUT2D eigenvalue weighted by Gasteiger charge is 2.25. The van der Waals surface area contributed by atoms with Crippen LogP contribution in [0, 0.1) is 0 Å². The summed E-state index contributed by atoms with van der Waals surface area (Å²) in [5, 5.41) is 4.24. The Labute approximate surface area is 151 Å². The Morgan fingerprint density at radius 1 is 1.16 bits per heavy atom. The van der Waals surface area contributed by atoms with Crippen LogP contribution in [-0.2, 0) is 17.6 Å². The zero-order chi connectivity index (χ0) is 17.2. The molecule has 1 aliphatic rings. The van der Waals surface area contributed by atoms with Crippen molar-refractivity contribution in [3.8, 4) is 16.9 Å². The number of carbonyl (C=O) groups is 1. The smallest absolute Gasteiger partial charge is 0.231 e. The first-order chi connectivity index (χ1) is 12.3. The summed E-state index contributed by atoms with van der Waals surface area (Å²) in [5.41, 5.74) is 5.68. The molecule has 1 aliphatic heterocycles. The third kappa shape index (κ3) is 3.05. The van der Waals surface area contributed by atoms with Crippen LogP contribution in [0.2, 0.25) is 0 Å². The monoisotopic (exact) mass is 349 g/mol. The lowest BCUT2D eigenvalue weighted by atomic mass is 10.0. The lowest BCUT2D eigenvalue weighted by Gasteiger charge is -2.18. The molecular formula is C21H19NO2S. The molecule has 0 radical (unpaired) electrons. The minimum Gasteiger partial charge on any atom is -0.496 e. The van der Waals surface area contributed by atoms with Gasteiger partial charge in [0.05, 0.1) is 13.5 Å². The van der Waals surface area contributed by atoms with Gasteiger partial charge in [0.1, 0.15) is 5.75 Å². The minimum atomic E-state index is 0.117. The van der Waals surface area contributed by atoms with Gasteiger partial charge in [-0.25, -0.2) is 0 Å². The molecule has 0 saturated carbocycles. The second-order valence-electron chi connectivity index (χ2n) is 6.14. The van der Waals surface area contributed by atoms with Gasteiger partial charge in [0.2, 0.25) is 5.91 Å². The van der Waals surface area contributed by atoms with Gasteiger partial charge in [-0.3, -0.25) is 4.79 Å². The van der Waals surface area contributed by atoms with Crippen molar-refractivity contribution in [2.45, 2.75) is 12.8 Å². The number of ether oxygens (including phenoxy) is 1. The van der Waals surface area contributed by atoms with Crippen molar-refractivity contribution < 1.29 is 9.53 Å². The molecule has 1 aromatic heterocycles. The highest BCUT2D eigenvalue weighted by Crippen LogP contribution is 2.33. The molecule has 0 bridgehead atoms. The fourth-order valence-corrected chi connectivity index (χ4v) is 4.04. The first kappa shape index (κ1) is 15.9. The molecule has 0 N–H and O–H groups in total. The summed E-state index contributed by atoms with van der Waals surface area (Å²) in [4.78, 5) is 14.7. The number of rotatable bonds is 4. The van der Waals surface area contributed by atoms with Crippen LogP contribution in [0.1, 0.15) is 11.1 Å². The van der Waals surface area contributed by atoms with E-state index in [1.807, 2.05) is 29.2 Å². The van der Waals surface area contributed by atoms with Crippen LogP contribution in [0.25, 0.3) is 11.1 Å². The summed E-state index contributed by atoms with van der Waals surface area (Å²) in [6, 6.07) is 16.2. The van der Waals surface area contributed by atoms with Gasteiger partial charge >= 0.3 is 0 Å². The van der Waals surface area contributed by atoms with Crippen molar-refractivity contribution in [1.29, 1.82) is 0 Å². The van der Waals surface area contributed by atoms with E-state index >= 15 is 0 Å². The average Bonchev–Trinajstić information content (AvgIpc) is 3.31. The van der Waals surface area contributed by atoms with Crippen molar-refractivity contribution >= 4 is 22.9 Å². The van der Waals surface area contributed by atoms with E-state index in [4.69, 9.17) is 4.74 Å². The molecule has 0 spiro atoms. The van der Waals surface area contributed by atoms with Crippen LogP contribution in [0.3, 0.4) is 0 Å². The van der Waals surface area contributed by atoms with Crippen LogP contribution >= 0.6 is 11.3 Å². The Morgan fingerprint density at radius 3 is 2.84 bits per heavy atom. The standard InChI is InChI=1S/C21H19NO2S/c1-24-20-5-3-2-4-17(20)13-21(23)22-10-8-16-12-15(6-7-19(16)22)18-9-11-25-14-18/h2-7,9,11-12,14H,8,10,13H2,1H3. The molecule has 0 saturated heterocycles. The number of fused-ring (bicyclic) bond motifs is 1. The molecular weight excluding hydrogens is 330 g/mol. The van der Waals surface area contributed by atoms with Gasteiger partial charge in [0, 0.05) is 17.8 Å². The van der Waals surface area contributed by atoms with Crippen LogP contribution in [0.5, 0.6) is 5.75 Å². The van der Waals surface area contributed by atoms with Gasteiger partial charge in [0.15, 0.2) is 0 Å². The maximum Gasteiger partial charge on any atom is 0.231 e. The maximum absolute atomic E-state index is 12.8. The number of amides is 1. The number of para-hydroxylation sites is 1. The molecule has 0 aliphatic carbocycles. The number of thiophene rings is 1. The molecule has 3 aromatic rings. The lowest BCUT2D eigenvalue weighted by molar-refractivity contribution is -0.117. The maximum atomic E-state index is 12.8. The zero-order valence-electron chi connectivity index (χ0n) is 14.1. The molecule has 1 amide bonds. The normalized spacial score (nSPS) is 12.9. The average molecular weight is 349 g/mol. The molecule has 0 atom stereocenters. The van der Waals surface area contributed by atoms with E-state index in [1.54, 1.807) is 18.4 Å². The molecule has 0 unspecified atom stereocenters. The fourth-order valence-electron chi connectivity index (χ4n) is 3.38. The van der Waals surface area contributed by atoms with E-state index in [9.17, 15) is 4.79 Å². The van der Waals surface area contributed by atoms with Gasteiger partial charge in [-0.15, -0.1) is 0 Å². The lowest BCUT2D eigenvalue weighted by Crippen LogP contribution is -2.30. The second-order valence-corrected chi connectivity index (χ2v) is 6.92. The number of carbonyl (C=O) groups excluding carboxylic acids is 1. The number of anilines is 1. The van der Waals surface area contributed by atoms with Crippen molar-refractivity contribution in [2.24, 2.45) is 0 Å². The third-order valence-corrected chi connectivity index (χ3v) is 5.35. The largest absolute Gasteiger partial charge is 0.496 e. The van der Waals surface area contributed by atoms with E-state index in [0.717, 1.165) is 30.0 Å². The molecule has 3 nitrogen and oxygen atoms in total. The molecule has 25 heavy (non-hydrogen) atoms. The highest BCUT2D eigenvalue weighted by atomic mass is 32.1. The van der Waals surface area contributed by atoms with Crippen molar-refractivity contribution in [3.05, 3.63) is 70.4 Å². The molecule has 4 rings (SSSR count). The first-order valence-electron chi connectivity index (χ1n) is 8.34. The number of hydrogen-bond acceptors (Lipinski definition) is 3. The number of methoxy groups -OCH3 is 1. The predicted octanol–water partition coefficient (Wildman–Crippen LogP) is 4.56. The van der Waals surface area contributed by atoms with Gasteiger partial charge in [-0.2, -0.15) is 11.3 Å². The van der Waals surface area contributed by atoms with Gasteiger partial charge in [-0.1, -0.05) is 24.3 Å². The minimum absolute atomic E-state index is 0.117. The summed E-state index contributed by atoms with van der Waals surface area (Å²) in [6.45, 7) is 0.746. The van der Waals surface area contributed by atoms with Crippen LogP contribution in [0.4, 0.5) is 5.69 Å². The zero-order valence-corrected chi connectivity index (χ0v) is 14.9. The van der Waals surface area contributed by atoms with Crippen molar-refractivity contribution in [3.63, 3.8) is 0 Å². The topological polar surface area (TPSA) is 29.5 Å². The van der Waals surface area contributed by atoms with E-state index in [1.165, 1.54) is 16.7 Å². The number of hydrogen-bond donors (Lipinski definition) is 0. The van der Waals surface area contributed by atoms with Crippen molar-refractivity contribution in [1.82, 2.24) is 0 Å². The summed E-state index contributed by atoms with van der Waals surface area (Å²) in [5.74, 6) is 0.884.